The fourth-order valence-corrected chi connectivity index (χ4v) is 3.25. The maximum absolute atomic E-state index is 13.5. The van der Waals surface area contributed by atoms with Crippen LogP contribution in [0.1, 0.15) is 31.5 Å². The van der Waals surface area contributed by atoms with Crippen LogP contribution in [-0.4, -0.2) is 57.8 Å². The Bertz CT molecular complexity index is 750. The first kappa shape index (κ1) is 17.4. The van der Waals surface area contributed by atoms with Crippen molar-refractivity contribution in [3.63, 3.8) is 0 Å². The molecule has 0 saturated carbocycles. The molecule has 6 nitrogen and oxygen atoms in total. The fraction of sp³-hybridized carbons (Fsp3) is 0.500. The molecule has 1 aromatic heterocycles. The quantitative estimate of drug-likeness (QED) is 0.859. The van der Waals surface area contributed by atoms with Gasteiger partial charge in [0.2, 0.25) is 0 Å². The summed E-state index contributed by atoms with van der Waals surface area (Å²) < 4.78 is 15.4. The second-order valence-corrected chi connectivity index (χ2v) is 6.56. The van der Waals surface area contributed by atoms with Gasteiger partial charge in [0.05, 0.1) is 0 Å². The van der Waals surface area contributed by atoms with Crippen LogP contribution in [0.4, 0.5) is 9.18 Å². The average molecular weight is 345 g/mol. The van der Waals surface area contributed by atoms with E-state index in [0.29, 0.717) is 31.0 Å². The normalized spacial score (nSPS) is 15.4. The van der Waals surface area contributed by atoms with Crippen molar-refractivity contribution in [2.45, 2.75) is 32.2 Å². The molecule has 1 aliphatic heterocycles. The number of aryl methyl sites for hydroxylation is 1. The second kappa shape index (κ2) is 7.21. The van der Waals surface area contributed by atoms with Gasteiger partial charge >= 0.3 is 6.03 Å². The van der Waals surface area contributed by atoms with Gasteiger partial charge in [-0.3, -0.25) is 0 Å². The summed E-state index contributed by atoms with van der Waals surface area (Å²) in [6.07, 6.45) is 1.72. The Balaban J connectivity index is 1.78. The third-order valence-corrected chi connectivity index (χ3v) is 4.60. The maximum atomic E-state index is 13.5. The molecule has 25 heavy (non-hydrogen) atoms. The minimum absolute atomic E-state index is 0.0517. The van der Waals surface area contributed by atoms with Crippen LogP contribution in [0.25, 0.3) is 11.4 Å². The summed E-state index contributed by atoms with van der Waals surface area (Å²) in [7, 11) is 3.54. The van der Waals surface area contributed by atoms with E-state index >= 15 is 0 Å². The molecule has 0 unspecified atom stereocenters. The zero-order valence-corrected chi connectivity index (χ0v) is 14.9. The van der Waals surface area contributed by atoms with Crippen LogP contribution in [-0.2, 0) is 6.54 Å². The average Bonchev–Trinajstić information content (AvgIpc) is 3.05. The number of likely N-dealkylation sites (tertiary alicyclic amines) is 1. The van der Waals surface area contributed by atoms with Crippen LogP contribution < -0.4 is 0 Å². The molecule has 0 aliphatic carbocycles. The molecule has 1 fully saturated rings. The first-order chi connectivity index (χ1) is 12.0. The van der Waals surface area contributed by atoms with Gasteiger partial charge < -0.3 is 9.80 Å². The summed E-state index contributed by atoms with van der Waals surface area (Å²) in [4.78, 5) is 20.2. The molecule has 0 atom stereocenters. The van der Waals surface area contributed by atoms with Gasteiger partial charge in [-0.05, 0) is 31.9 Å². The Hall–Kier alpha value is -2.44. The van der Waals surface area contributed by atoms with Gasteiger partial charge in [-0.25, -0.2) is 18.9 Å². The highest BCUT2D eigenvalue weighted by molar-refractivity contribution is 5.73. The van der Waals surface area contributed by atoms with E-state index in [0.717, 1.165) is 18.7 Å². The second-order valence-electron chi connectivity index (χ2n) is 6.56. The number of aromatic nitrogens is 3. The summed E-state index contributed by atoms with van der Waals surface area (Å²) in [5.74, 6) is 1.46. The molecule has 1 aromatic carbocycles. The molecular weight excluding hydrogens is 321 g/mol. The number of nitrogens with zero attached hydrogens (tertiary/aromatic N) is 5. The van der Waals surface area contributed by atoms with Crippen molar-refractivity contribution in [1.82, 2.24) is 24.6 Å². The standard InChI is InChI=1S/C18H24FN5O/c1-4-24-17(13-8-10-23(11-9-13)18(25)22(2)3)20-16(21-24)14-6-5-7-15(19)12-14/h5-7,12-13H,4,8-11H2,1-3H3. The minimum atomic E-state index is -0.289. The number of hydrogen-bond acceptors (Lipinski definition) is 3. The van der Waals surface area contributed by atoms with E-state index in [1.165, 1.54) is 12.1 Å². The van der Waals surface area contributed by atoms with Gasteiger partial charge in [-0.15, -0.1) is 0 Å². The predicted octanol–water partition coefficient (Wildman–Crippen LogP) is 2.97. The number of hydrogen-bond donors (Lipinski definition) is 0. The fourth-order valence-electron chi connectivity index (χ4n) is 3.25. The van der Waals surface area contributed by atoms with Gasteiger partial charge in [0.1, 0.15) is 11.6 Å². The molecule has 0 N–H and O–H groups in total. The lowest BCUT2D eigenvalue weighted by Gasteiger charge is -2.33. The van der Waals surface area contributed by atoms with Gasteiger partial charge in [-0.1, -0.05) is 12.1 Å². The van der Waals surface area contributed by atoms with Gasteiger partial charge in [0.25, 0.3) is 0 Å². The Labute approximate surface area is 147 Å². The number of benzene rings is 1. The molecule has 134 valence electrons. The number of carbonyl (C=O) groups is 1. The number of carbonyl (C=O) groups excluding carboxylic acids is 1. The smallest absolute Gasteiger partial charge is 0.319 e. The van der Waals surface area contributed by atoms with Crippen molar-refractivity contribution in [3.05, 3.63) is 35.9 Å². The molecule has 3 rings (SSSR count). The first-order valence-corrected chi connectivity index (χ1v) is 8.66. The zero-order valence-electron chi connectivity index (χ0n) is 14.9. The van der Waals surface area contributed by atoms with Crippen LogP contribution in [0.15, 0.2) is 24.3 Å². The highest BCUT2D eigenvalue weighted by Crippen LogP contribution is 2.29. The van der Waals surface area contributed by atoms with E-state index in [-0.39, 0.29) is 17.8 Å². The van der Waals surface area contributed by atoms with Crippen LogP contribution in [0.3, 0.4) is 0 Å². The Morgan fingerprint density at radius 2 is 2.04 bits per heavy atom. The third-order valence-electron chi connectivity index (χ3n) is 4.60. The summed E-state index contributed by atoms with van der Waals surface area (Å²) in [6, 6.07) is 6.41. The highest BCUT2D eigenvalue weighted by Gasteiger charge is 2.28. The monoisotopic (exact) mass is 345 g/mol. The molecule has 0 bridgehead atoms. The van der Waals surface area contributed by atoms with Gasteiger partial charge in [0, 0.05) is 45.2 Å². The Morgan fingerprint density at radius 3 is 2.64 bits per heavy atom. The molecule has 0 spiro atoms. The Kier molecular flexibility index (Phi) is 5.01. The number of rotatable bonds is 3. The first-order valence-electron chi connectivity index (χ1n) is 8.66. The zero-order chi connectivity index (χ0) is 18.0. The van der Waals surface area contributed by atoms with E-state index in [1.54, 1.807) is 25.1 Å². The van der Waals surface area contributed by atoms with Crippen molar-refractivity contribution in [2.75, 3.05) is 27.2 Å². The summed E-state index contributed by atoms with van der Waals surface area (Å²) in [5, 5.41) is 4.55. The molecule has 2 aromatic rings. The van der Waals surface area contributed by atoms with E-state index in [4.69, 9.17) is 4.98 Å². The molecular formula is C18H24FN5O. The minimum Gasteiger partial charge on any atom is -0.331 e. The van der Waals surface area contributed by atoms with Crippen molar-refractivity contribution >= 4 is 6.03 Å². The lowest BCUT2D eigenvalue weighted by molar-refractivity contribution is 0.155. The van der Waals surface area contributed by atoms with E-state index < -0.39 is 0 Å². The van der Waals surface area contributed by atoms with Gasteiger partial charge in [-0.2, -0.15) is 5.10 Å². The van der Waals surface area contributed by atoms with Crippen LogP contribution in [0.2, 0.25) is 0 Å². The largest absolute Gasteiger partial charge is 0.331 e. The van der Waals surface area contributed by atoms with Gasteiger partial charge in [0.15, 0.2) is 5.82 Å². The van der Waals surface area contributed by atoms with Crippen molar-refractivity contribution < 1.29 is 9.18 Å². The van der Waals surface area contributed by atoms with E-state index in [2.05, 4.69) is 5.10 Å². The maximum Gasteiger partial charge on any atom is 0.319 e. The molecule has 7 heteroatoms. The highest BCUT2D eigenvalue weighted by atomic mass is 19.1. The lowest BCUT2D eigenvalue weighted by atomic mass is 9.96. The Morgan fingerprint density at radius 1 is 1.32 bits per heavy atom. The molecule has 2 heterocycles. The number of piperidine rings is 1. The summed E-state index contributed by atoms with van der Waals surface area (Å²) in [5.41, 5.74) is 0.689. The molecule has 1 aliphatic rings. The number of halogens is 1. The molecule has 0 radical (unpaired) electrons. The van der Waals surface area contributed by atoms with Crippen LogP contribution in [0.5, 0.6) is 0 Å². The summed E-state index contributed by atoms with van der Waals surface area (Å²) >= 11 is 0. The topological polar surface area (TPSA) is 54.3 Å². The van der Waals surface area contributed by atoms with Crippen LogP contribution in [0, 0.1) is 5.82 Å². The van der Waals surface area contributed by atoms with E-state index in [9.17, 15) is 9.18 Å². The molecule has 1 saturated heterocycles. The number of amides is 2. The van der Waals surface area contributed by atoms with Crippen molar-refractivity contribution in [2.24, 2.45) is 0 Å². The molecule has 2 amide bonds. The third kappa shape index (κ3) is 3.65. The predicted molar refractivity (Wildman–Crippen MR) is 93.7 cm³/mol. The van der Waals surface area contributed by atoms with Crippen LogP contribution >= 0.6 is 0 Å². The van der Waals surface area contributed by atoms with E-state index in [1.807, 2.05) is 22.6 Å². The summed E-state index contributed by atoms with van der Waals surface area (Å²) in [6.45, 7) is 4.17. The SMILES string of the molecule is CCn1nc(-c2cccc(F)c2)nc1C1CCN(C(=O)N(C)C)CC1. The lowest BCUT2D eigenvalue weighted by Crippen LogP contribution is -2.43. The van der Waals surface area contributed by atoms with Crippen molar-refractivity contribution in [1.29, 1.82) is 0 Å². The number of urea groups is 1. The van der Waals surface area contributed by atoms with Crippen molar-refractivity contribution in [3.8, 4) is 11.4 Å².